The van der Waals surface area contributed by atoms with Gasteiger partial charge in [-0.1, -0.05) is 11.6 Å². The Kier molecular flexibility index (Phi) is 4.55. The number of hydrogen-bond donors (Lipinski definition) is 0. The van der Waals surface area contributed by atoms with Crippen LogP contribution in [0.5, 0.6) is 0 Å². The van der Waals surface area contributed by atoms with Crippen LogP contribution in [0.1, 0.15) is 13.8 Å². The standard InChI is InChI=1S/C7H8ClNO/c1-6(8)3-4-7(2)9-5-10/h3-4H,1-2H3/b6-3+,7-4+. The zero-order valence-corrected chi connectivity index (χ0v) is 6.64. The average Bonchev–Trinajstić information content (AvgIpc) is 1.85. The first-order chi connectivity index (χ1) is 4.66. The van der Waals surface area contributed by atoms with E-state index in [4.69, 9.17) is 11.6 Å². The molecule has 0 bridgehead atoms. The van der Waals surface area contributed by atoms with Crippen LogP contribution in [0.15, 0.2) is 27.9 Å². The molecule has 3 heteroatoms. The number of allylic oxidation sites excluding steroid dienone is 4. The SMILES string of the molecule is C/C(Cl)=C\C=C(/C)N=C=O. The van der Waals surface area contributed by atoms with Gasteiger partial charge in [0.15, 0.2) is 0 Å². The Morgan fingerprint density at radius 3 is 2.50 bits per heavy atom. The van der Waals surface area contributed by atoms with Crippen LogP contribution in [-0.4, -0.2) is 6.08 Å². The van der Waals surface area contributed by atoms with Crippen molar-refractivity contribution in [3.05, 3.63) is 22.9 Å². The van der Waals surface area contributed by atoms with E-state index in [-0.39, 0.29) is 0 Å². The Balaban J connectivity index is 4.18. The molecule has 0 aliphatic rings. The molecule has 0 aliphatic carbocycles. The first kappa shape index (κ1) is 9.15. The second-order valence-electron chi connectivity index (χ2n) is 1.76. The van der Waals surface area contributed by atoms with Crippen LogP contribution < -0.4 is 0 Å². The van der Waals surface area contributed by atoms with Crippen molar-refractivity contribution in [3.8, 4) is 0 Å². The second-order valence-corrected chi connectivity index (χ2v) is 2.36. The Morgan fingerprint density at radius 2 is 2.10 bits per heavy atom. The third-order valence-corrected chi connectivity index (χ3v) is 0.902. The highest BCUT2D eigenvalue weighted by atomic mass is 35.5. The summed E-state index contributed by atoms with van der Waals surface area (Å²) in [5.41, 5.74) is 0.593. The largest absolute Gasteiger partial charge is 0.240 e. The Labute approximate surface area is 64.9 Å². The third kappa shape index (κ3) is 5.29. The molecule has 0 rings (SSSR count). The van der Waals surface area contributed by atoms with Gasteiger partial charge in [0, 0.05) is 5.03 Å². The van der Waals surface area contributed by atoms with Crippen LogP contribution >= 0.6 is 11.6 Å². The summed E-state index contributed by atoms with van der Waals surface area (Å²) in [6, 6.07) is 0. The van der Waals surface area contributed by atoms with Gasteiger partial charge in [-0.2, -0.15) is 4.99 Å². The molecule has 0 saturated carbocycles. The molecule has 0 amide bonds. The highest BCUT2D eigenvalue weighted by Crippen LogP contribution is 2.00. The lowest BCUT2D eigenvalue weighted by Gasteiger charge is -1.82. The number of aliphatic imine (C=N–C) groups is 1. The Hall–Kier alpha value is -0.850. The summed E-state index contributed by atoms with van der Waals surface area (Å²) in [4.78, 5) is 13.0. The summed E-state index contributed by atoms with van der Waals surface area (Å²) < 4.78 is 0. The molecular formula is C7H8ClNO. The molecule has 10 heavy (non-hydrogen) atoms. The van der Waals surface area contributed by atoms with Crippen molar-refractivity contribution in [1.82, 2.24) is 0 Å². The van der Waals surface area contributed by atoms with Gasteiger partial charge in [0.1, 0.15) is 0 Å². The van der Waals surface area contributed by atoms with Crippen molar-refractivity contribution >= 4 is 17.7 Å². The molecule has 0 heterocycles. The highest BCUT2D eigenvalue weighted by Gasteiger charge is 1.79. The van der Waals surface area contributed by atoms with E-state index in [2.05, 4.69) is 4.99 Å². The number of carbonyl (C=O) groups excluding carboxylic acids is 1. The molecule has 0 saturated heterocycles. The summed E-state index contributed by atoms with van der Waals surface area (Å²) in [6.07, 6.45) is 4.74. The van der Waals surface area contributed by atoms with E-state index in [0.29, 0.717) is 10.7 Å². The Morgan fingerprint density at radius 1 is 1.50 bits per heavy atom. The number of rotatable bonds is 2. The van der Waals surface area contributed by atoms with Crippen molar-refractivity contribution in [2.24, 2.45) is 4.99 Å². The zero-order chi connectivity index (χ0) is 7.98. The lowest BCUT2D eigenvalue weighted by Crippen LogP contribution is -1.65. The molecule has 0 atom stereocenters. The molecule has 0 aliphatic heterocycles. The predicted octanol–water partition coefficient (Wildman–Crippen LogP) is 2.37. The highest BCUT2D eigenvalue weighted by molar-refractivity contribution is 6.29. The molecule has 0 aromatic rings. The van der Waals surface area contributed by atoms with Crippen molar-refractivity contribution in [2.45, 2.75) is 13.8 Å². The summed E-state index contributed by atoms with van der Waals surface area (Å²) in [5.74, 6) is 0. The van der Waals surface area contributed by atoms with Crippen molar-refractivity contribution < 1.29 is 4.79 Å². The normalized spacial score (nSPS) is 12.7. The van der Waals surface area contributed by atoms with Crippen LogP contribution in [0.2, 0.25) is 0 Å². The van der Waals surface area contributed by atoms with Gasteiger partial charge in [-0.3, -0.25) is 0 Å². The fourth-order valence-corrected chi connectivity index (χ4v) is 0.408. The van der Waals surface area contributed by atoms with Crippen LogP contribution in [-0.2, 0) is 4.79 Å². The van der Waals surface area contributed by atoms with E-state index in [1.165, 1.54) is 6.08 Å². The van der Waals surface area contributed by atoms with Gasteiger partial charge in [-0.15, -0.1) is 0 Å². The number of hydrogen-bond acceptors (Lipinski definition) is 2. The second kappa shape index (κ2) is 4.98. The van der Waals surface area contributed by atoms with Crippen molar-refractivity contribution in [1.29, 1.82) is 0 Å². The average molecular weight is 158 g/mol. The summed E-state index contributed by atoms with van der Waals surface area (Å²) in [6.45, 7) is 3.44. The lowest BCUT2D eigenvalue weighted by atomic mass is 10.4. The third-order valence-electron chi connectivity index (χ3n) is 0.776. The fraction of sp³-hybridized carbons (Fsp3) is 0.286. The lowest BCUT2D eigenvalue weighted by molar-refractivity contribution is 0.564. The quantitative estimate of drug-likeness (QED) is 0.344. The molecule has 54 valence electrons. The van der Waals surface area contributed by atoms with Gasteiger partial charge >= 0.3 is 0 Å². The topological polar surface area (TPSA) is 29.4 Å². The maximum absolute atomic E-state index is 9.67. The molecule has 0 aromatic heterocycles. The molecule has 0 N–H and O–H groups in total. The van der Waals surface area contributed by atoms with E-state index in [1.807, 2.05) is 0 Å². The van der Waals surface area contributed by atoms with Crippen molar-refractivity contribution in [2.75, 3.05) is 0 Å². The molecule has 0 unspecified atom stereocenters. The first-order valence-electron chi connectivity index (χ1n) is 2.75. The number of nitrogens with zero attached hydrogens (tertiary/aromatic N) is 1. The predicted molar refractivity (Wildman–Crippen MR) is 41.5 cm³/mol. The van der Waals surface area contributed by atoms with E-state index >= 15 is 0 Å². The van der Waals surface area contributed by atoms with Crippen LogP contribution in [0, 0.1) is 0 Å². The number of halogens is 1. The van der Waals surface area contributed by atoms with Gasteiger partial charge < -0.3 is 0 Å². The minimum atomic E-state index is 0.593. The van der Waals surface area contributed by atoms with Gasteiger partial charge in [-0.05, 0) is 26.0 Å². The first-order valence-corrected chi connectivity index (χ1v) is 3.13. The van der Waals surface area contributed by atoms with E-state index < -0.39 is 0 Å². The van der Waals surface area contributed by atoms with E-state index in [1.54, 1.807) is 26.0 Å². The minimum absolute atomic E-state index is 0.593. The maximum atomic E-state index is 9.67. The van der Waals surface area contributed by atoms with Crippen LogP contribution in [0.25, 0.3) is 0 Å². The zero-order valence-electron chi connectivity index (χ0n) is 5.89. The molecule has 2 nitrogen and oxygen atoms in total. The number of isocyanates is 1. The Bertz CT molecular complexity index is 208. The van der Waals surface area contributed by atoms with Gasteiger partial charge in [0.2, 0.25) is 6.08 Å². The van der Waals surface area contributed by atoms with Gasteiger partial charge in [0.05, 0.1) is 5.70 Å². The summed E-state index contributed by atoms with van der Waals surface area (Å²) >= 11 is 5.50. The molecule has 0 fully saturated rings. The molecule has 0 radical (unpaired) electrons. The summed E-state index contributed by atoms with van der Waals surface area (Å²) in [5, 5.41) is 0.653. The summed E-state index contributed by atoms with van der Waals surface area (Å²) in [7, 11) is 0. The van der Waals surface area contributed by atoms with Crippen molar-refractivity contribution in [3.63, 3.8) is 0 Å². The molecular weight excluding hydrogens is 150 g/mol. The maximum Gasteiger partial charge on any atom is 0.240 e. The molecule has 0 aromatic carbocycles. The van der Waals surface area contributed by atoms with E-state index in [0.717, 1.165) is 0 Å². The van der Waals surface area contributed by atoms with Crippen LogP contribution in [0.4, 0.5) is 0 Å². The molecule has 0 spiro atoms. The smallest absolute Gasteiger partial charge is 0.211 e. The van der Waals surface area contributed by atoms with Gasteiger partial charge in [0.25, 0.3) is 0 Å². The monoisotopic (exact) mass is 157 g/mol. The minimum Gasteiger partial charge on any atom is -0.211 e. The van der Waals surface area contributed by atoms with Gasteiger partial charge in [-0.25, -0.2) is 4.79 Å². The fourth-order valence-electron chi connectivity index (χ4n) is 0.345. The van der Waals surface area contributed by atoms with Crippen LogP contribution in [0.3, 0.4) is 0 Å². The van der Waals surface area contributed by atoms with E-state index in [9.17, 15) is 4.79 Å².